The van der Waals surface area contributed by atoms with Gasteiger partial charge in [0.25, 0.3) is 5.91 Å². The van der Waals surface area contributed by atoms with E-state index in [-0.39, 0.29) is 37.9 Å². The third-order valence-corrected chi connectivity index (χ3v) is 8.85. The molecule has 0 radical (unpaired) electrons. The number of alkyl halides is 3. The van der Waals surface area contributed by atoms with Gasteiger partial charge in [-0.25, -0.2) is 14.8 Å². The van der Waals surface area contributed by atoms with Crippen LogP contribution in [0.1, 0.15) is 48.4 Å². The van der Waals surface area contributed by atoms with Crippen molar-refractivity contribution in [3.63, 3.8) is 0 Å². The molecular formula is C39H38ClF3N10O6. The fourth-order valence-corrected chi connectivity index (χ4v) is 5.70. The first-order valence-electron chi connectivity index (χ1n) is 17.5. The van der Waals surface area contributed by atoms with Crippen molar-refractivity contribution in [1.29, 1.82) is 0 Å². The Labute approximate surface area is 340 Å². The fraction of sp³-hybridized carbons (Fsp3) is 0.256. The number of halogens is 4. The van der Waals surface area contributed by atoms with E-state index in [1.54, 1.807) is 55.6 Å². The summed E-state index contributed by atoms with van der Waals surface area (Å²) in [6.07, 6.45) is -1.91. The van der Waals surface area contributed by atoms with E-state index in [0.29, 0.717) is 46.3 Å². The molecule has 1 aliphatic carbocycles. The minimum atomic E-state index is -4.65. The summed E-state index contributed by atoms with van der Waals surface area (Å²) in [5.41, 5.74) is 2.33. The summed E-state index contributed by atoms with van der Waals surface area (Å²) in [6.45, 7) is -0.158. The highest BCUT2D eigenvalue weighted by molar-refractivity contribution is 6.39. The van der Waals surface area contributed by atoms with Gasteiger partial charge in [-0.1, -0.05) is 43.3 Å². The zero-order valence-electron chi connectivity index (χ0n) is 30.4. The average Bonchev–Trinajstić information content (AvgIpc) is 3.97. The SMILES string of the molecule is C.Cc1nccc(-c2cccc(NC(=O)C(=O)NCC[C@H](NC(=O)c3ccc(Nc4nc(NC5(c6ccc(Cl)cc6)CC5)nc(OCC(F)(F)F)n4)cc3)C(=O)O)c2)n1. The van der Waals surface area contributed by atoms with Crippen LogP contribution in [0.2, 0.25) is 5.02 Å². The Morgan fingerprint density at radius 2 is 1.61 bits per heavy atom. The standard InChI is InChI=1S/C38H34ClF3N10O6.CH4/c1-21-43-17-13-28(45-21)23-3-2-4-27(19-23)46-32(55)31(54)44-18-14-29(33(56)57)48-30(53)22-5-11-26(12-6-22)47-34-49-35(51-36(50-34)58-20-38(40,41)42)52-37(15-16-37)24-7-9-25(39)10-8-24;/h2-13,17,19,29H,14-16,18,20H2,1H3,(H,44,54)(H,46,55)(H,48,53)(H,56,57)(H2,47,49,50,51,52);1H4/t29-;/m0./s1. The normalized spacial score (nSPS) is 13.2. The van der Waals surface area contributed by atoms with Gasteiger partial charge in [-0.05, 0) is 86.3 Å². The molecule has 1 fully saturated rings. The second-order valence-electron chi connectivity index (χ2n) is 13.0. The number of aromatic nitrogens is 5. The number of nitrogens with zero attached hydrogens (tertiary/aromatic N) is 5. The molecule has 6 N–H and O–H groups in total. The fourth-order valence-electron chi connectivity index (χ4n) is 5.58. The molecule has 2 heterocycles. The summed E-state index contributed by atoms with van der Waals surface area (Å²) in [7, 11) is 0. The van der Waals surface area contributed by atoms with Crippen molar-refractivity contribution in [3.05, 3.63) is 107 Å². The van der Waals surface area contributed by atoms with Crippen molar-refractivity contribution in [3.8, 4) is 17.3 Å². The molecule has 3 amide bonds. The zero-order chi connectivity index (χ0) is 41.5. The maximum Gasteiger partial charge on any atom is 0.422 e. The van der Waals surface area contributed by atoms with Crippen LogP contribution in [0.15, 0.2) is 85.1 Å². The molecule has 2 aromatic heterocycles. The molecule has 0 unspecified atom stereocenters. The number of rotatable bonds is 15. The van der Waals surface area contributed by atoms with Crippen molar-refractivity contribution in [2.45, 2.75) is 51.4 Å². The van der Waals surface area contributed by atoms with Gasteiger partial charge in [0, 0.05) is 40.3 Å². The van der Waals surface area contributed by atoms with Gasteiger partial charge in [-0.15, -0.1) is 0 Å². The van der Waals surface area contributed by atoms with Gasteiger partial charge in [-0.3, -0.25) is 14.4 Å². The third kappa shape index (κ3) is 12.1. The number of carbonyl (C=O) groups is 4. The van der Waals surface area contributed by atoms with Crippen LogP contribution in [0.3, 0.4) is 0 Å². The van der Waals surface area contributed by atoms with Crippen LogP contribution in [0.4, 0.5) is 36.4 Å². The summed E-state index contributed by atoms with van der Waals surface area (Å²) in [6, 6.07) is 19.1. The third-order valence-electron chi connectivity index (χ3n) is 8.60. The topological polar surface area (TPSA) is 222 Å². The second-order valence-corrected chi connectivity index (χ2v) is 13.5. The molecule has 5 aromatic rings. The largest absolute Gasteiger partial charge is 0.480 e. The lowest BCUT2D eigenvalue weighted by Crippen LogP contribution is -2.44. The molecule has 3 aromatic carbocycles. The number of anilines is 4. The van der Waals surface area contributed by atoms with Gasteiger partial charge >= 0.3 is 30.0 Å². The van der Waals surface area contributed by atoms with Crippen LogP contribution >= 0.6 is 11.6 Å². The zero-order valence-corrected chi connectivity index (χ0v) is 31.2. The number of benzene rings is 3. The van der Waals surface area contributed by atoms with E-state index in [1.165, 1.54) is 24.3 Å². The van der Waals surface area contributed by atoms with E-state index >= 15 is 0 Å². The van der Waals surface area contributed by atoms with Crippen molar-refractivity contribution >= 4 is 58.6 Å². The van der Waals surface area contributed by atoms with Crippen LogP contribution in [0.25, 0.3) is 11.3 Å². The molecule has 20 heteroatoms. The Morgan fingerprint density at radius 3 is 2.27 bits per heavy atom. The smallest absolute Gasteiger partial charge is 0.422 e. The molecule has 308 valence electrons. The Bertz CT molecular complexity index is 2310. The van der Waals surface area contributed by atoms with Gasteiger partial charge in [0.1, 0.15) is 11.9 Å². The maximum atomic E-state index is 13.0. The number of carboxylic acids is 1. The van der Waals surface area contributed by atoms with Crippen LogP contribution < -0.4 is 31.3 Å². The monoisotopic (exact) mass is 834 g/mol. The van der Waals surface area contributed by atoms with Crippen LogP contribution in [0, 0.1) is 6.92 Å². The molecule has 1 atom stereocenters. The summed E-state index contributed by atoms with van der Waals surface area (Å²) < 4.78 is 43.7. The van der Waals surface area contributed by atoms with E-state index in [4.69, 9.17) is 16.3 Å². The van der Waals surface area contributed by atoms with E-state index in [2.05, 4.69) is 51.5 Å². The summed E-state index contributed by atoms with van der Waals surface area (Å²) in [5, 5.41) is 23.5. The number of nitrogens with one attached hydrogen (secondary N) is 5. The first-order valence-corrected chi connectivity index (χ1v) is 17.9. The number of carbonyl (C=O) groups excluding carboxylic acids is 3. The predicted octanol–water partition coefficient (Wildman–Crippen LogP) is 6.04. The Morgan fingerprint density at radius 1 is 0.898 bits per heavy atom. The van der Waals surface area contributed by atoms with Gasteiger partial charge < -0.3 is 36.4 Å². The number of amides is 3. The molecule has 1 saturated carbocycles. The second kappa shape index (κ2) is 18.6. The van der Waals surface area contributed by atoms with Gasteiger partial charge in [-0.2, -0.15) is 28.1 Å². The predicted molar refractivity (Wildman–Crippen MR) is 211 cm³/mol. The summed E-state index contributed by atoms with van der Waals surface area (Å²) >= 11 is 6.03. The van der Waals surface area contributed by atoms with Crippen molar-refractivity contribution in [2.24, 2.45) is 0 Å². The maximum absolute atomic E-state index is 13.0. The highest BCUT2D eigenvalue weighted by Gasteiger charge is 2.45. The molecule has 59 heavy (non-hydrogen) atoms. The molecule has 6 rings (SSSR count). The minimum Gasteiger partial charge on any atom is -0.480 e. The highest BCUT2D eigenvalue weighted by Crippen LogP contribution is 2.48. The minimum absolute atomic E-state index is 0. The Hall–Kier alpha value is -6.89. The van der Waals surface area contributed by atoms with Crippen LogP contribution in [-0.4, -0.2) is 79.1 Å². The van der Waals surface area contributed by atoms with Crippen molar-refractivity contribution in [1.82, 2.24) is 35.6 Å². The molecule has 0 spiro atoms. The lowest BCUT2D eigenvalue weighted by molar-refractivity contribution is -0.154. The average molecular weight is 835 g/mol. The van der Waals surface area contributed by atoms with E-state index < -0.39 is 54.1 Å². The Balaban J connectivity index is 0.00000661. The van der Waals surface area contributed by atoms with Crippen LogP contribution in [0.5, 0.6) is 6.01 Å². The Kier molecular flexibility index (Phi) is 13.6. The van der Waals surface area contributed by atoms with E-state index in [0.717, 1.165) is 5.56 Å². The van der Waals surface area contributed by atoms with E-state index in [1.807, 2.05) is 12.1 Å². The highest BCUT2D eigenvalue weighted by atomic mass is 35.5. The molecule has 0 saturated heterocycles. The number of hydrogen-bond acceptors (Lipinski definition) is 12. The number of ether oxygens (including phenoxy) is 1. The van der Waals surface area contributed by atoms with Crippen molar-refractivity contribution in [2.75, 3.05) is 29.1 Å². The van der Waals surface area contributed by atoms with Crippen molar-refractivity contribution < 1.29 is 42.2 Å². The molecule has 0 aliphatic heterocycles. The first-order chi connectivity index (χ1) is 27.6. The van der Waals surface area contributed by atoms with Crippen LogP contribution in [-0.2, 0) is 19.9 Å². The lowest BCUT2D eigenvalue weighted by atomic mass is 10.1. The van der Waals surface area contributed by atoms with E-state index in [9.17, 15) is 37.5 Å². The number of aryl methyl sites for hydroxylation is 1. The molecule has 16 nitrogen and oxygen atoms in total. The molecule has 1 aliphatic rings. The number of aliphatic carboxylic acids is 1. The first kappa shape index (κ1) is 43.2. The summed E-state index contributed by atoms with van der Waals surface area (Å²) in [4.78, 5) is 70.7. The lowest BCUT2D eigenvalue weighted by Gasteiger charge is -2.19. The molecular weight excluding hydrogens is 797 g/mol. The molecule has 0 bridgehead atoms. The number of carboxylic acid groups (broad SMARTS) is 1. The van der Waals surface area contributed by atoms with Gasteiger partial charge in [0.05, 0.1) is 11.2 Å². The summed E-state index contributed by atoms with van der Waals surface area (Å²) in [5.74, 6) is -3.79. The van der Waals surface area contributed by atoms with Gasteiger partial charge in [0.15, 0.2) is 6.61 Å². The number of hydrogen-bond donors (Lipinski definition) is 6. The van der Waals surface area contributed by atoms with Gasteiger partial charge in [0.2, 0.25) is 11.9 Å². The quantitative estimate of drug-likeness (QED) is 0.0663.